The van der Waals surface area contributed by atoms with E-state index in [0.29, 0.717) is 0 Å². The molecule has 3 rings (SSSR count). The molecule has 3 heteroatoms. The summed E-state index contributed by atoms with van der Waals surface area (Å²) in [5, 5.41) is 3.59. The molecular formula is C15H15NOS. The lowest BCUT2D eigenvalue weighted by Gasteiger charge is -2.24. The van der Waals surface area contributed by atoms with Crippen molar-refractivity contribution in [1.82, 2.24) is 0 Å². The first kappa shape index (κ1) is 11.5. The van der Waals surface area contributed by atoms with Gasteiger partial charge in [-0.1, -0.05) is 36.0 Å². The molecule has 0 saturated carbocycles. The maximum Gasteiger partial charge on any atom is 0.118 e. The Kier molecular flexibility index (Phi) is 2.71. The summed E-state index contributed by atoms with van der Waals surface area (Å²) in [5.41, 5.74) is 2.46. The Morgan fingerprint density at radius 1 is 1.06 bits per heavy atom. The van der Waals surface area contributed by atoms with Crippen LogP contribution in [-0.4, -0.2) is 7.11 Å². The molecule has 0 radical (unpaired) electrons. The van der Waals surface area contributed by atoms with Gasteiger partial charge in [-0.3, -0.25) is 0 Å². The van der Waals surface area contributed by atoms with Crippen LogP contribution in [0.15, 0.2) is 53.4 Å². The highest BCUT2D eigenvalue weighted by atomic mass is 32.2. The monoisotopic (exact) mass is 257 g/mol. The van der Waals surface area contributed by atoms with Crippen molar-refractivity contribution < 1.29 is 4.74 Å². The van der Waals surface area contributed by atoms with E-state index >= 15 is 0 Å². The van der Waals surface area contributed by atoms with E-state index in [1.54, 1.807) is 7.11 Å². The molecule has 2 aromatic rings. The second kappa shape index (κ2) is 4.25. The maximum absolute atomic E-state index is 5.20. The minimum absolute atomic E-state index is 0.101. The number of fused-ring (bicyclic) bond motifs is 1. The van der Waals surface area contributed by atoms with Crippen molar-refractivity contribution >= 4 is 17.4 Å². The number of thioether (sulfide) groups is 1. The molecule has 0 spiro atoms. The van der Waals surface area contributed by atoms with Crippen LogP contribution in [0.25, 0.3) is 0 Å². The lowest BCUT2D eigenvalue weighted by atomic mass is 10.1. The Balaban J connectivity index is 1.93. The molecule has 2 aromatic carbocycles. The third-order valence-corrected chi connectivity index (χ3v) is 4.54. The molecule has 1 N–H and O–H groups in total. The first-order chi connectivity index (χ1) is 8.71. The summed E-state index contributed by atoms with van der Waals surface area (Å²) in [6.07, 6.45) is 0. The number of hydrogen-bond acceptors (Lipinski definition) is 3. The van der Waals surface area contributed by atoms with E-state index in [0.717, 1.165) is 5.75 Å². The third-order valence-electron chi connectivity index (χ3n) is 3.22. The zero-order valence-electron chi connectivity index (χ0n) is 10.4. The van der Waals surface area contributed by atoms with Gasteiger partial charge in [0.05, 0.1) is 7.11 Å². The highest BCUT2D eigenvalue weighted by Crippen LogP contribution is 2.50. The Labute approximate surface area is 111 Å². The average Bonchev–Trinajstić information content (AvgIpc) is 2.76. The van der Waals surface area contributed by atoms with Crippen LogP contribution in [0, 0.1) is 0 Å². The van der Waals surface area contributed by atoms with E-state index in [4.69, 9.17) is 4.74 Å². The van der Waals surface area contributed by atoms with E-state index < -0.39 is 0 Å². The van der Waals surface area contributed by atoms with Crippen molar-refractivity contribution in [3.05, 3.63) is 54.1 Å². The number of nitrogens with one attached hydrogen (secondary N) is 1. The van der Waals surface area contributed by atoms with Gasteiger partial charge in [0.25, 0.3) is 0 Å². The van der Waals surface area contributed by atoms with E-state index in [1.165, 1.54) is 16.1 Å². The summed E-state index contributed by atoms with van der Waals surface area (Å²) in [4.78, 5) is 1.20. The van der Waals surface area contributed by atoms with E-state index in [1.807, 2.05) is 23.9 Å². The van der Waals surface area contributed by atoms with Gasteiger partial charge in [-0.2, -0.15) is 0 Å². The van der Waals surface area contributed by atoms with Crippen molar-refractivity contribution in [2.75, 3.05) is 12.4 Å². The van der Waals surface area contributed by atoms with Crippen molar-refractivity contribution in [2.24, 2.45) is 0 Å². The highest BCUT2D eigenvalue weighted by Gasteiger charge is 2.34. The smallest absolute Gasteiger partial charge is 0.118 e. The van der Waals surface area contributed by atoms with E-state index in [9.17, 15) is 0 Å². The van der Waals surface area contributed by atoms with Crippen molar-refractivity contribution in [3.63, 3.8) is 0 Å². The molecule has 1 atom stereocenters. The highest BCUT2D eigenvalue weighted by molar-refractivity contribution is 8.00. The van der Waals surface area contributed by atoms with Crippen molar-refractivity contribution in [3.8, 4) is 5.75 Å². The topological polar surface area (TPSA) is 21.3 Å². The van der Waals surface area contributed by atoms with Crippen LogP contribution in [0.2, 0.25) is 0 Å². The first-order valence-corrected chi connectivity index (χ1v) is 6.74. The van der Waals surface area contributed by atoms with Gasteiger partial charge in [0.15, 0.2) is 0 Å². The largest absolute Gasteiger partial charge is 0.497 e. The summed E-state index contributed by atoms with van der Waals surface area (Å²) >= 11 is 1.85. The SMILES string of the molecule is COc1ccc(C2(C)Nc3ccccc3S2)cc1. The molecule has 1 heterocycles. The number of ether oxygens (including phenoxy) is 1. The predicted octanol–water partition coefficient (Wildman–Crippen LogP) is 4.09. The summed E-state index contributed by atoms with van der Waals surface area (Å²) in [5.74, 6) is 0.892. The molecule has 0 amide bonds. The van der Waals surface area contributed by atoms with Gasteiger partial charge in [-0.05, 0) is 36.8 Å². The number of benzene rings is 2. The number of anilines is 1. The number of rotatable bonds is 2. The first-order valence-electron chi connectivity index (χ1n) is 5.92. The van der Waals surface area contributed by atoms with Gasteiger partial charge < -0.3 is 10.1 Å². The van der Waals surface area contributed by atoms with Crippen LogP contribution >= 0.6 is 11.8 Å². The molecule has 0 aliphatic carbocycles. The summed E-state index contributed by atoms with van der Waals surface area (Å²) in [7, 11) is 1.69. The number of para-hydroxylation sites is 1. The molecule has 18 heavy (non-hydrogen) atoms. The molecule has 1 unspecified atom stereocenters. The molecule has 1 aliphatic rings. The van der Waals surface area contributed by atoms with E-state index in [-0.39, 0.29) is 4.87 Å². The quantitative estimate of drug-likeness (QED) is 0.875. The molecule has 0 saturated heterocycles. The molecule has 0 bridgehead atoms. The fraction of sp³-hybridized carbons (Fsp3) is 0.200. The van der Waals surface area contributed by atoms with Crippen LogP contribution < -0.4 is 10.1 Å². The minimum atomic E-state index is -0.101. The Bertz CT molecular complexity index is 540. The van der Waals surface area contributed by atoms with Gasteiger partial charge in [0.2, 0.25) is 0 Å². The fourth-order valence-electron chi connectivity index (χ4n) is 2.20. The van der Waals surface area contributed by atoms with Crippen LogP contribution in [0.3, 0.4) is 0 Å². The molecule has 92 valence electrons. The number of hydrogen-bond donors (Lipinski definition) is 1. The fourth-order valence-corrected chi connectivity index (χ4v) is 3.43. The van der Waals surface area contributed by atoms with Gasteiger partial charge in [0.1, 0.15) is 10.6 Å². The lowest BCUT2D eigenvalue weighted by Crippen LogP contribution is -2.23. The van der Waals surface area contributed by atoms with Gasteiger partial charge in [-0.15, -0.1) is 0 Å². The second-order valence-electron chi connectivity index (χ2n) is 4.48. The normalized spacial score (nSPS) is 21.2. The Morgan fingerprint density at radius 3 is 2.44 bits per heavy atom. The zero-order chi connectivity index (χ0) is 12.6. The molecular weight excluding hydrogens is 242 g/mol. The minimum Gasteiger partial charge on any atom is -0.497 e. The lowest BCUT2D eigenvalue weighted by molar-refractivity contribution is 0.414. The van der Waals surface area contributed by atoms with Crippen LogP contribution in [-0.2, 0) is 4.87 Å². The zero-order valence-corrected chi connectivity index (χ0v) is 11.3. The molecule has 0 fully saturated rings. The van der Waals surface area contributed by atoms with Crippen LogP contribution in [0.5, 0.6) is 5.75 Å². The molecule has 0 aromatic heterocycles. The summed E-state index contributed by atoms with van der Waals surface area (Å²) in [6, 6.07) is 16.7. The van der Waals surface area contributed by atoms with Crippen LogP contribution in [0.4, 0.5) is 5.69 Å². The van der Waals surface area contributed by atoms with E-state index in [2.05, 4.69) is 48.6 Å². The molecule has 2 nitrogen and oxygen atoms in total. The molecule has 1 aliphatic heterocycles. The van der Waals surface area contributed by atoms with Crippen molar-refractivity contribution in [1.29, 1.82) is 0 Å². The van der Waals surface area contributed by atoms with Crippen LogP contribution in [0.1, 0.15) is 12.5 Å². The predicted molar refractivity (Wildman–Crippen MR) is 76.3 cm³/mol. The number of methoxy groups -OCH3 is 1. The van der Waals surface area contributed by atoms with Gasteiger partial charge >= 0.3 is 0 Å². The Hall–Kier alpha value is -1.61. The maximum atomic E-state index is 5.20. The second-order valence-corrected chi connectivity index (χ2v) is 5.95. The van der Waals surface area contributed by atoms with Gasteiger partial charge in [-0.25, -0.2) is 0 Å². The third kappa shape index (κ3) is 1.85. The van der Waals surface area contributed by atoms with Crippen molar-refractivity contribution in [2.45, 2.75) is 16.7 Å². The van der Waals surface area contributed by atoms with Gasteiger partial charge in [0, 0.05) is 10.6 Å². The standard InChI is InChI=1S/C15H15NOS/c1-15(11-7-9-12(17-2)10-8-11)16-13-5-3-4-6-14(13)18-15/h3-10,16H,1-2H3. The summed E-state index contributed by atoms with van der Waals surface area (Å²) in [6.45, 7) is 2.21. The average molecular weight is 257 g/mol. The summed E-state index contributed by atoms with van der Waals surface area (Å²) < 4.78 is 5.20. The Morgan fingerprint density at radius 2 is 1.78 bits per heavy atom.